The molecule has 2 aromatic carbocycles. The van der Waals surface area contributed by atoms with Crippen LogP contribution in [0.3, 0.4) is 0 Å². The lowest BCUT2D eigenvalue weighted by atomic mass is 9.99. The predicted octanol–water partition coefficient (Wildman–Crippen LogP) is 3.57. The quantitative estimate of drug-likeness (QED) is 0.825. The van der Waals surface area contributed by atoms with Gasteiger partial charge in [0.2, 0.25) is 0 Å². The van der Waals surface area contributed by atoms with E-state index in [9.17, 15) is 9.59 Å². The summed E-state index contributed by atoms with van der Waals surface area (Å²) in [7, 11) is 0. The summed E-state index contributed by atoms with van der Waals surface area (Å²) in [5, 5.41) is 7.75. The second-order valence-corrected chi connectivity index (χ2v) is 6.77. The summed E-state index contributed by atoms with van der Waals surface area (Å²) in [5.41, 5.74) is 1.00. The third-order valence-electron chi connectivity index (χ3n) is 4.05. The molecule has 2 unspecified atom stereocenters. The molecule has 0 aliphatic heterocycles. The highest BCUT2D eigenvalue weighted by Crippen LogP contribution is 2.23. The summed E-state index contributed by atoms with van der Waals surface area (Å²) in [6.45, 7) is 7.99. The molecule has 0 radical (unpaired) electrons. The summed E-state index contributed by atoms with van der Waals surface area (Å²) >= 11 is 0. The van der Waals surface area contributed by atoms with Gasteiger partial charge in [0.15, 0.2) is 0 Å². The second-order valence-electron chi connectivity index (χ2n) is 6.77. The smallest absolute Gasteiger partial charge is 0.309 e. The fraction of sp³-hybridized carbons (Fsp3) is 0.400. The van der Waals surface area contributed by atoms with Crippen LogP contribution in [0.15, 0.2) is 42.5 Å². The molecule has 0 spiro atoms. The first-order chi connectivity index (χ1) is 11.4. The minimum Gasteiger partial charge on any atom is -0.345 e. The maximum absolute atomic E-state index is 12.2. The molecule has 0 aliphatic carbocycles. The standard InChI is InChI=1S/C20H26N2O2/c1-13(2)12-14(3)21-19(23)20(24)22-15(4)17-11-7-9-16-8-5-6-10-18(16)17/h5-11,13-15H,12H2,1-4H3,(H,21,23)(H,22,24). The number of carbonyl (C=O) groups excluding carboxylic acids is 2. The van der Waals surface area contributed by atoms with Crippen LogP contribution in [0.4, 0.5) is 0 Å². The molecule has 4 nitrogen and oxygen atoms in total. The Morgan fingerprint density at radius 2 is 1.50 bits per heavy atom. The van der Waals surface area contributed by atoms with E-state index in [2.05, 4.69) is 24.5 Å². The van der Waals surface area contributed by atoms with E-state index in [0.717, 1.165) is 22.8 Å². The van der Waals surface area contributed by atoms with Gasteiger partial charge in [0.05, 0.1) is 6.04 Å². The Morgan fingerprint density at radius 3 is 2.21 bits per heavy atom. The van der Waals surface area contributed by atoms with Crippen molar-refractivity contribution in [2.75, 3.05) is 0 Å². The lowest BCUT2D eigenvalue weighted by Crippen LogP contribution is -2.44. The monoisotopic (exact) mass is 326 g/mol. The van der Waals surface area contributed by atoms with Gasteiger partial charge in [0, 0.05) is 6.04 Å². The van der Waals surface area contributed by atoms with Crippen molar-refractivity contribution in [2.24, 2.45) is 5.92 Å². The molecule has 0 heterocycles. The lowest BCUT2D eigenvalue weighted by molar-refractivity contribution is -0.140. The van der Waals surface area contributed by atoms with Crippen molar-refractivity contribution < 1.29 is 9.59 Å². The van der Waals surface area contributed by atoms with Gasteiger partial charge in [-0.15, -0.1) is 0 Å². The Labute approximate surface area is 143 Å². The Bertz CT molecular complexity index is 719. The van der Waals surface area contributed by atoms with E-state index in [1.54, 1.807) is 0 Å². The highest BCUT2D eigenvalue weighted by atomic mass is 16.2. The Balaban J connectivity index is 2.04. The van der Waals surface area contributed by atoms with Gasteiger partial charge in [-0.2, -0.15) is 0 Å². The molecule has 128 valence electrons. The van der Waals surface area contributed by atoms with Crippen LogP contribution in [0.2, 0.25) is 0 Å². The second kappa shape index (κ2) is 7.95. The fourth-order valence-corrected chi connectivity index (χ4v) is 3.02. The van der Waals surface area contributed by atoms with Crippen LogP contribution in [0.5, 0.6) is 0 Å². The number of rotatable bonds is 5. The normalized spacial score (nSPS) is 13.5. The zero-order valence-corrected chi connectivity index (χ0v) is 14.8. The van der Waals surface area contributed by atoms with Crippen LogP contribution < -0.4 is 10.6 Å². The molecule has 0 aromatic heterocycles. The number of hydrogen-bond donors (Lipinski definition) is 2. The number of hydrogen-bond acceptors (Lipinski definition) is 2. The molecule has 2 N–H and O–H groups in total. The molecular formula is C20H26N2O2. The Kier molecular flexibility index (Phi) is 5.96. The van der Waals surface area contributed by atoms with Crippen molar-refractivity contribution in [3.05, 3.63) is 48.0 Å². The van der Waals surface area contributed by atoms with Gasteiger partial charge < -0.3 is 10.6 Å². The molecule has 2 aromatic rings. The molecule has 24 heavy (non-hydrogen) atoms. The van der Waals surface area contributed by atoms with Crippen LogP contribution >= 0.6 is 0 Å². The highest BCUT2D eigenvalue weighted by Gasteiger charge is 2.20. The summed E-state index contributed by atoms with van der Waals surface area (Å²) in [6.07, 6.45) is 0.845. The van der Waals surface area contributed by atoms with Crippen LogP contribution in [0.1, 0.15) is 45.7 Å². The van der Waals surface area contributed by atoms with Crippen molar-refractivity contribution >= 4 is 22.6 Å². The van der Waals surface area contributed by atoms with Crippen molar-refractivity contribution in [3.8, 4) is 0 Å². The Hall–Kier alpha value is -2.36. The first-order valence-corrected chi connectivity index (χ1v) is 8.47. The van der Waals surface area contributed by atoms with Crippen LogP contribution in [-0.2, 0) is 9.59 Å². The molecular weight excluding hydrogens is 300 g/mol. The largest absolute Gasteiger partial charge is 0.345 e. The number of fused-ring (bicyclic) bond motifs is 1. The molecule has 0 aliphatic rings. The molecule has 0 saturated heterocycles. The van der Waals surface area contributed by atoms with Gasteiger partial charge in [0.25, 0.3) is 0 Å². The molecule has 0 bridgehead atoms. The van der Waals surface area contributed by atoms with Crippen LogP contribution in [0.25, 0.3) is 10.8 Å². The van der Waals surface area contributed by atoms with E-state index in [1.807, 2.05) is 56.3 Å². The average molecular weight is 326 g/mol. The van der Waals surface area contributed by atoms with Crippen molar-refractivity contribution in [2.45, 2.75) is 46.2 Å². The SMILES string of the molecule is CC(C)CC(C)NC(=O)C(=O)NC(C)c1cccc2ccccc12. The number of carbonyl (C=O) groups is 2. The van der Waals surface area contributed by atoms with Gasteiger partial charge in [-0.05, 0) is 42.5 Å². The molecule has 2 atom stereocenters. The number of amides is 2. The maximum atomic E-state index is 12.2. The topological polar surface area (TPSA) is 58.2 Å². The van der Waals surface area contributed by atoms with E-state index in [4.69, 9.17) is 0 Å². The van der Waals surface area contributed by atoms with Gasteiger partial charge in [-0.3, -0.25) is 9.59 Å². The summed E-state index contributed by atoms with van der Waals surface area (Å²) in [5.74, 6) is -0.695. The fourth-order valence-electron chi connectivity index (χ4n) is 3.02. The minimum absolute atomic E-state index is 0.0175. The van der Waals surface area contributed by atoms with E-state index in [1.165, 1.54) is 0 Å². The minimum atomic E-state index is -0.592. The van der Waals surface area contributed by atoms with Gasteiger partial charge >= 0.3 is 11.8 Å². The third-order valence-corrected chi connectivity index (χ3v) is 4.05. The zero-order chi connectivity index (χ0) is 17.7. The lowest BCUT2D eigenvalue weighted by Gasteiger charge is -2.18. The first kappa shape index (κ1) is 18.0. The van der Waals surface area contributed by atoms with Crippen LogP contribution in [0, 0.1) is 5.92 Å². The predicted molar refractivity (Wildman–Crippen MR) is 97.6 cm³/mol. The Morgan fingerprint density at radius 1 is 0.875 bits per heavy atom. The van der Waals surface area contributed by atoms with Crippen molar-refractivity contribution in [3.63, 3.8) is 0 Å². The van der Waals surface area contributed by atoms with Crippen molar-refractivity contribution in [1.29, 1.82) is 0 Å². The molecule has 2 rings (SSSR count). The summed E-state index contributed by atoms with van der Waals surface area (Å²) < 4.78 is 0. The summed E-state index contributed by atoms with van der Waals surface area (Å²) in [4.78, 5) is 24.2. The van der Waals surface area contributed by atoms with Gasteiger partial charge in [-0.1, -0.05) is 56.3 Å². The molecule has 2 amide bonds. The zero-order valence-electron chi connectivity index (χ0n) is 14.8. The van der Waals surface area contributed by atoms with Gasteiger partial charge in [-0.25, -0.2) is 0 Å². The maximum Gasteiger partial charge on any atom is 0.309 e. The van der Waals surface area contributed by atoms with E-state index >= 15 is 0 Å². The van der Waals surface area contributed by atoms with Crippen LogP contribution in [-0.4, -0.2) is 17.9 Å². The highest BCUT2D eigenvalue weighted by molar-refractivity contribution is 6.35. The van der Waals surface area contributed by atoms with E-state index in [-0.39, 0.29) is 12.1 Å². The molecule has 0 fully saturated rings. The first-order valence-electron chi connectivity index (χ1n) is 8.47. The third kappa shape index (κ3) is 4.57. The van der Waals surface area contributed by atoms with E-state index < -0.39 is 11.8 Å². The average Bonchev–Trinajstić information content (AvgIpc) is 2.53. The number of nitrogens with one attached hydrogen (secondary N) is 2. The molecule has 4 heteroatoms. The number of benzene rings is 2. The van der Waals surface area contributed by atoms with E-state index in [0.29, 0.717) is 5.92 Å². The van der Waals surface area contributed by atoms with Gasteiger partial charge in [0.1, 0.15) is 0 Å². The molecule has 0 saturated carbocycles. The summed E-state index contributed by atoms with van der Waals surface area (Å²) in [6, 6.07) is 13.7. The van der Waals surface area contributed by atoms with Crippen molar-refractivity contribution in [1.82, 2.24) is 10.6 Å².